The second-order valence-corrected chi connectivity index (χ2v) is 6.52. The van der Waals surface area contributed by atoms with Crippen molar-refractivity contribution >= 4 is 0 Å². The van der Waals surface area contributed by atoms with Crippen LogP contribution in [0.2, 0.25) is 0 Å². The zero-order valence-corrected chi connectivity index (χ0v) is 13.0. The summed E-state index contributed by atoms with van der Waals surface area (Å²) >= 11 is 0. The van der Waals surface area contributed by atoms with Crippen LogP contribution in [0.1, 0.15) is 46.0 Å². The van der Waals surface area contributed by atoms with Crippen LogP contribution >= 0.6 is 0 Å². The molecule has 2 rings (SSSR count). The molecule has 0 bridgehead atoms. The number of piperazine rings is 1. The Morgan fingerprint density at radius 2 is 1.84 bits per heavy atom. The molecule has 0 aromatic heterocycles. The van der Waals surface area contributed by atoms with Crippen molar-refractivity contribution in [2.24, 2.45) is 5.92 Å². The average Bonchev–Trinajstić information content (AvgIpc) is 3.23. The summed E-state index contributed by atoms with van der Waals surface area (Å²) in [5.41, 5.74) is 0. The molecule has 1 saturated heterocycles. The molecule has 1 aliphatic carbocycles. The smallest absolute Gasteiger partial charge is 0.0113 e. The van der Waals surface area contributed by atoms with Crippen molar-refractivity contribution in [3.8, 4) is 0 Å². The normalized spacial score (nSPS) is 23.7. The van der Waals surface area contributed by atoms with Gasteiger partial charge in [0.05, 0.1) is 0 Å². The summed E-state index contributed by atoms with van der Waals surface area (Å²) in [4.78, 5) is 5.38. The molecule has 3 nitrogen and oxygen atoms in total. The van der Waals surface area contributed by atoms with Gasteiger partial charge in [0.15, 0.2) is 0 Å². The molecule has 2 fully saturated rings. The first-order valence-corrected chi connectivity index (χ1v) is 8.46. The Bertz CT molecular complexity index is 232. The van der Waals surface area contributed by atoms with Gasteiger partial charge in [-0.15, -0.1) is 0 Å². The molecule has 0 spiro atoms. The summed E-state index contributed by atoms with van der Waals surface area (Å²) in [6.07, 6.45) is 6.89. The van der Waals surface area contributed by atoms with Gasteiger partial charge < -0.3 is 10.2 Å². The van der Waals surface area contributed by atoms with Gasteiger partial charge in [0, 0.05) is 38.8 Å². The lowest BCUT2D eigenvalue weighted by Gasteiger charge is -2.38. The van der Waals surface area contributed by atoms with Crippen molar-refractivity contribution in [2.45, 2.75) is 52.0 Å². The Labute approximate surface area is 119 Å². The zero-order valence-electron chi connectivity index (χ0n) is 13.0. The number of hydrogen-bond acceptors (Lipinski definition) is 3. The van der Waals surface area contributed by atoms with E-state index in [-0.39, 0.29) is 0 Å². The molecule has 19 heavy (non-hydrogen) atoms. The Kier molecular flexibility index (Phi) is 6.62. The van der Waals surface area contributed by atoms with E-state index in [0.29, 0.717) is 0 Å². The van der Waals surface area contributed by atoms with Gasteiger partial charge in [0.1, 0.15) is 0 Å². The largest absolute Gasteiger partial charge is 0.317 e. The minimum absolute atomic E-state index is 0.770. The molecule has 2 aliphatic rings. The average molecular weight is 267 g/mol. The molecular formula is C16H33N3. The maximum atomic E-state index is 3.50. The molecule has 3 heteroatoms. The molecule has 0 aromatic carbocycles. The summed E-state index contributed by atoms with van der Waals surface area (Å²) in [5, 5.41) is 3.50. The van der Waals surface area contributed by atoms with Crippen molar-refractivity contribution in [1.29, 1.82) is 0 Å². The van der Waals surface area contributed by atoms with Crippen LogP contribution in [-0.2, 0) is 0 Å². The monoisotopic (exact) mass is 267 g/mol. The number of nitrogens with zero attached hydrogens (tertiary/aromatic N) is 2. The summed E-state index contributed by atoms with van der Waals surface area (Å²) < 4.78 is 0. The maximum Gasteiger partial charge on any atom is 0.0113 e. The van der Waals surface area contributed by atoms with Gasteiger partial charge in [0.25, 0.3) is 0 Å². The Balaban J connectivity index is 1.52. The Morgan fingerprint density at radius 1 is 1.11 bits per heavy atom. The molecule has 0 amide bonds. The number of hydrogen-bond donors (Lipinski definition) is 1. The standard InChI is InChI=1S/C16H33N3/c1-3-8-17-9-4-5-15(2)19-12-10-18(11-13-19)14-16-6-7-16/h15-17H,3-14H2,1-2H3. The first-order chi connectivity index (χ1) is 9.29. The second-order valence-electron chi connectivity index (χ2n) is 6.52. The second kappa shape index (κ2) is 8.23. The molecule has 1 saturated carbocycles. The molecule has 1 atom stereocenters. The third kappa shape index (κ3) is 5.80. The lowest BCUT2D eigenvalue weighted by Crippen LogP contribution is -2.50. The van der Waals surface area contributed by atoms with E-state index in [0.717, 1.165) is 12.0 Å². The Morgan fingerprint density at radius 3 is 2.47 bits per heavy atom. The van der Waals surface area contributed by atoms with E-state index >= 15 is 0 Å². The summed E-state index contributed by atoms with van der Waals surface area (Å²) in [5.74, 6) is 1.05. The highest BCUT2D eigenvalue weighted by molar-refractivity contribution is 4.82. The van der Waals surface area contributed by atoms with Crippen LogP contribution in [0.25, 0.3) is 0 Å². The molecule has 0 aromatic rings. The van der Waals surface area contributed by atoms with E-state index < -0.39 is 0 Å². The molecular weight excluding hydrogens is 234 g/mol. The fraction of sp³-hybridized carbons (Fsp3) is 1.00. The fourth-order valence-corrected chi connectivity index (χ4v) is 3.06. The van der Waals surface area contributed by atoms with Crippen LogP contribution in [0.4, 0.5) is 0 Å². The van der Waals surface area contributed by atoms with Gasteiger partial charge in [-0.1, -0.05) is 6.92 Å². The Hall–Kier alpha value is -0.120. The van der Waals surface area contributed by atoms with Crippen LogP contribution in [-0.4, -0.2) is 61.7 Å². The van der Waals surface area contributed by atoms with E-state index in [9.17, 15) is 0 Å². The molecule has 1 heterocycles. The summed E-state index contributed by atoms with van der Waals surface area (Å²) in [7, 11) is 0. The fourth-order valence-electron chi connectivity index (χ4n) is 3.06. The van der Waals surface area contributed by atoms with Crippen molar-refractivity contribution in [1.82, 2.24) is 15.1 Å². The van der Waals surface area contributed by atoms with Crippen LogP contribution in [0, 0.1) is 5.92 Å². The van der Waals surface area contributed by atoms with E-state index in [1.54, 1.807) is 0 Å². The first-order valence-electron chi connectivity index (χ1n) is 8.46. The quantitative estimate of drug-likeness (QED) is 0.646. The third-order valence-corrected chi connectivity index (χ3v) is 4.65. The summed E-state index contributed by atoms with van der Waals surface area (Å²) in [6, 6.07) is 0.770. The highest BCUT2D eigenvalue weighted by atomic mass is 15.3. The van der Waals surface area contributed by atoms with E-state index in [4.69, 9.17) is 0 Å². The van der Waals surface area contributed by atoms with Crippen LogP contribution in [0.5, 0.6) is 0 Å². The van der Waals surface area contributed by atoms with Crippen molar-refractivity contribution in [3.05, 3.63) is 0 Å². The minimum atomic E-state index is 0.770. The molecule has 1 aliphatic heterocycles. The van der Waals surface area contributed by atoms with Gasteiger partial charge in [-0.25, -0.2) is 0 Å². The van der Waals surface area contributed by atoms with Crippen LogP contribution < -0.4 is 5.32 Å². The number of nitrogens with one attached hydrogen (secondary N) is 1. The first kappa shape index (κ1) is 15.3. The predicted molar refractivity (Wildman–Crippen MR) is 82.6 cm³/mol. The van der Waals surface area contributed by atoms with Crippen molar-refractivity contribution in [2.75, 3.05) is 45.8 Å². The van der Waals surface area contributed by atoms with E-state index in [2.05, 4.69) is 29.0 Å². The molecule has 1 N–H and O–H groups in total. The lowest BCUT2D eigenvalue weighted by atomic mass is 10.1. The van der Waals surface area contributed by atoms with Gasteiger partial charge >= 0.3 is 0 Å². The zero-order chi connectivity index (χ0) is 13.5. The van der Waals surface area contributed by atoms with Gasteiger partial charge in [-0.2, -0.15) is 0 Å². The summed E-state index contributed by atoms with van der Waals surface area (Å²) in [6.45, 7) is 13.6. The van der Waals surface area contributed by atoms with Crippen molar-refractivity contribution in [3.63, 3.8) is 0 Å². The van der Waals surface area contributed by atoms with Gasteiger partial charge in [0.2, 0.25) is 0 Å². The van der Waals surface area contributed by atoms with Gasteiger partial charge in [-0.3, -0.25) is 4.90 Å². The molecule has 112 valence electrons. The number of rotatable bonds is 9. The highest BCUT2D eigenvalue weighted by Gasteiger charge is 2.27. The highest BCUT2D eigenvalue weighted by Crippen LogP contribution is 2.30. The van der Waals surface area contributed by atoms with Crippen LogP contribution in [0.3, 0.4) is 0 Å². The van der Waals surface area contributed by atoms with Crippen LogP contribution in [0.15, 0.2) is 0 Å². The van der Waals surface area contributed by atoms with Gasteiger partial charge in [-0.05, 0) is 58.0 Å². The third-order valence-electron chi connectivity index (χ3n) is 4.65. The predicted octanol–water partition coefficient (Wildman–Crippen LogP) is 2.18. The van der Waals surface area contributed by atoms with E-state index in [1.165, 1.54) is 77.9 Å². The van der Waals surface area contributed by atoms with E-state index in [1.807, 2.05) is 0 Å². The maximum absolute atomic E-state index is 3.50. The lowest BCUT2D eigenvalue weighted by molar-refractivity contribution is 0.0951. The molecule has 0 radical (unpaired) electrons. The minimum Gasteiger partial charge on any atom is -0.317 e. The molecule has 1 unspecified atom stereocenters. The van der Waals surface area contributed by atoms with Crippen molar-refractivity contribution < 1.29 is 0 Å². The topological polar surface area (TPSA) is 18.5 Å². The SMILES string of the molecule is CCCNCCCC(C)N1CCN(CC2CC2)CC1.